The van der Waals surface area contributed by atoms with Gasteiger partial charge in [0.2, 0.25) is 0 Å². The standard InChI is InChI=1S/C28H21NO2/c1-20(30)31-26-15-14-22-18-24(13-12-23(22)19-26)28-17-16-27(21-8-4-2-5-9-21)29(28)25-10-6-3-7-11-25/h2-19H,1H3. The van der Waals surface area contributed by atoms with Crippen LogP contribution in [-0.4, -0.2) is 10.5 Å². The summed E-state index contributed by atoms with van der Waals surface area (Å²) in [6.45, 7) is 1.41. The average Bonchev–Trinajstić information content (AvgIpc) is 3.25. The maximum atomic E-state index is 11.3. The highest BCUT2D eigenvalue weighted by Crippen LogP contribution is 2.34. The SMILES string of the molecule is CC(=O)Oc1ccc2cc(-c3ccc(-c4ccccc4)n3-c3ccccc3)ccc2c1. The Hall–Kier alpha value is -4.11. The van der Waals surface area contributed by atoms with Crippen LogP contribution >= 0.6 is 0 Å². The molecule has 1 heterocycles. The molecule has 0 aliphatic heterocycles. The van der Waals surface area contributed by atoms with Crippen molar-refractivity contribution in [2.75, 3.05) is 0 Å². The van der Waals surface area contributed by atoms with Crippen LogP contribution in [0.3, 0.4) is 0 Å². The first-order valence-corrected chi connectivity index (χ1v) is 10.2. The fourth-order valence-electron chi connectivity index (χ4n) is 3.96. The summed E-state index contributed by atoms with van der Waals surface area (Å²) in [4.78, 5) is 11.3. The van der Waals surface area contributed by atoms with Gasteiger partial charge in [0, 0.05) is 12.6 Å². The van der Waals surface area contributed by atoms with E-state index in [1.54, 1.807) is 0 Å². The van der Waals surface area contributed by atoms with E-state index in [2.05, 4.69) is 83.4 Å². The Morgan fingerprint density at radius 3 is 1.97 bits per heavy atom. The van der Waals surface area contributed by atoms with Gasteiger partial charge in [0.1, 0.15) is 5.75 Å². The molecule has 0 aliphatic rings. The highest BCUT2D eigenvalue weighted by atomic mass is 16.5. The van der Waals surface area contributed by atoms with Crippen molar-refractivity contribution in [3.63, 3.8) is 0 Å². The summed E-state index contributed by atoms with van der Waals surface area (Å²) in [7, 11) is 0. The van der Waals surface area contributed by atoms with Crippen LogP contribution in [0.25, 0.3) is 39.0 Å². The number of esters is 1. The smallest absolute Gasteiger partial charge is 0.308 e. The van der Waals surface area contributed by atoms with Gasteiger partial charge in [-0.2, -0.15) is 0 Å². The Bertz CT molecular complexity index is 1370. The van der Waals surface area contributed by atoms with Gasteiger partial charge in [-0.05, 0) is 64.4 Å². The largest absolute Gasteiger partial charge is 0.427 e. The van der Waals surface area contributed by atoms with Crippen LogP contribution in [0, 0.1) is 0 Å². The molecule has 0 spiro atoms. The van der Waals surface area contributed by atoms with Gasteiger partial charge in [-0.25, -0.2) is 0 Å². The lowest BCUT2D eigenvalue weighted by Crippen LogP contribution is -2.01. The average molecular weight is 403 g/mol. The van der Waals surface area contributed by atoms with E-state index in [-0.39, 0.29) is 5.97 Å². The predicted molar refractivity (Wildman–Crippen MR) is 125 cm³/mol. The first kappa shape index (κ1) is 18.9. The summed E-state index contributed by atoms with van der Waals surface area (Å²) in [5.41, 5.74) is 5.68. The minimum Gasteiger partial charge on any atom is -0.427 e. The van der Waals surface area contributed by atoms with Gasteiger partial charge in [0.05, 0.1) is 11.4 Å². The molecule has 0 saturated carbocycles. The first-order chi connectivity index (χ1) is 15.2. The lowest BCUT2D eigenvalue weighted by Gasteiger charge is -2.15. The number of ether oxygens (including phenoxy) is 1. The van der Waals surface area contributed by atoms with Crippen molar-refractivity contribution in [1.82, 2.24) is 4.57 Å². The van der Waals surface area contributed by atoms with E-state index in [0.29, 0.717) is 5.75 Å². The monoisotopic (exact) mass is 403 g/mol. The zero-order chi connectivity index (χ0) is 21.2. The maximum absolute atomic E-state index is 11.3. The van der Waals surface area contributed by atoms with Crippen molar-refractivity contribution in [1.29, 1.82) is 0 Å². The number of aromatic nitrogens is 1. The van der Waals surface area contributed by atoms with Crippen LogP contribution in [0.15, 0.2) is 109 Å². The zero-order valence-corrected chi connectivity index (χ0v) is 17.2. The number of nitrogens with zero attached hydrogens (tertiary/aromatic N) is 1. The van der Waals surface area contributed by atoms with Crippen LogP contribution in [0.2, 0.25) is 0 Å². The van der Waals surface area contributed by atoms with E-state index in [0.717, 1.165) is 33.4 Å². The molecule has 31 heavy (non-hydrogen) atoms. The van der Waals surface area contributed by atoms with E-state index in [9.17, 15) is 4.79 Å². The van der Waals surface area contributed by atoms with Crippen molar-refractivity contribution in [3.05, 3.63) is 109 Å². The molecule has 1 aromatic heterocycles. The zero-order valence-electron chi connectivity index (χ0n) is 17.2. The number of benzene rings is 4. The fourth-order valence-corrected chi connectivity index (χ4v) is 3.96. The van der Waals surface area contributed by atoms with E-state index in [1.165, 1.54) is 12.5 Å². The molecule has 0 amide bonds. The third-order valence-electron chi connectivity index (χ3n) is 5.33. The highest BCUT2D eigenvalue weighted by molar-refractivity contribution is 5.89. The molecule has 0 unspecified atom stereocenters. The minimum absolute atomic E-state index is 0.315. The summed E-state index contributed by atoms with van der Waals surface area (Å²) in [5.74, 6) is 0.247. The van der Waals surface area contributed by atoms with Gasteiger partial charge in [0.25, 0.3) is 0 Å². The summed E-state index contributed by atoms with van der Waals surface area (Å²) < 4.78 is 7.52. The van der Waals surface area contributed by atoms with Crippen molar-refractivity contribution in [2.45, 2.75) is 6.92 Å². The van der Waals surface area contributed by atoms with Crippen LogP contribution in [0.1, 0.15) is 6.92 Å². The molecule has 0 fully saturated rings. The van der Waals surface area contributed by atoms with Crippen molar-refractivity contribution in [3.8, 4) is 34.0 Å². The molecule has 3 nitrogen and oxygen atoms in total. The predicted octanol–water partition coefficient (Wildman–Crippen LogP) is 6.89. The molecule has 0 aliphatic carbocycles. The number of carbonyl (C=O) groups excluding carboxylic acids is 1. The minimum atomic E-state index is -0.315. The molecule has 5 aromatic rings. The molecule has 0 atom stereocenters. The van der Waals surface area contributed by atoms with Crippen molar-refractivity contribution < 1.29 is 9.53 Å². The number of hydrogen-bond acceptors (Lipinski definition) is 2. The molecule has 5 rings (SSSR count). The van der Waals surface area contributed by atoms with Crippen LogP contribution < -0.4 is 4.74 Å². The summed E-state index contributed by atoms with van der Waals surface area (Å²) in [5, 5.41) is 2.12. The lowest BCUT2D eigenvalue weighted by molar-refractivity contribution is -0.131. The Morgan fingerprint density at radius 1 is 0.645 bits per heavy atom. The normalized spacial score (nSPS) is 10.9. The Balaban J connectivity index is 1.65. The summed E-state index contributed by atoms with van der Waals surface area (Å²) in [6, 6.07) is 37.3. The number of rotatable bonds is 4. The molecular formula is C28H21NO2. The number of para-hydroxylation sites is 1. The molecule has 150 valence electrons. The van der Waals surface area contributed by atoms with Gasteiger partial charge in [-0.3, -0.25) is 4.79 Å². The highest BCUT2D eigenvalue weighted by Gasteiger charge is 2.14. The third-order valence-corrected chi connectivity index (χ3v) is 5.33. The molecule has 0 radical (unpaired) electrons. The Kier molecular flexibility index (Phi) is 4.85. The van der Waals surface area contributed by atoms with E-state index < -0.39 is 0 Å². The summed E-state index contributed by atoms with van der Waals surface area (Å²) in [6.07, 6.45) is 0. The second-order valence-corrected chi connectivity index (χ2v) is 7.46. The van der Waals surface area contributed by atoms with Gasteiger partial charge < -0.3 is 9.30 Å². The van der Waals surface area contributed by atoms with Gasteiger partial charge in [-0.1, -0.05) is 66.7 Å². The second-order valence-electron chi connectivity index (χ2n) is 7.46. The molecule has 3 heteroatoms. The van der Waals surface area contributed by atoms with Crippen molar-refractivity contribution in [2.24, 2.45) is 0 Å². The fraction of sp³-hybridized carbons (Fsp3) is 0.0357. The molecule has 0 saturated heterocycles. The Morgan fingerprint density at radius 2 is 1.26 bits per heavy atom. The topological polar surface area (TPSA) is 31.2 Å². The first-order valence-electron chi connectivity index (χ1n) is 10.2. The van der Waals surface area contributed by atoms with Crippen molar-refractivity contribution >= 4 is 16.7 Å². The van der Waals surface area contributed by atoms with Gasteiger partial charge in [0.15, 0.2) is 0 Å². The van der Waals surface area contributed by atoms with E-state index >= 15 is 0 Å². The van der Waals surface area contributed by atoms with Gasteiger partial charge >= 0.3 is 5.97 Å². The summed E-state index contributed by atoms with van der Waals surface area (Å²) >= 11 is 0. The van der Waals surface area contributed by atoms with Crippen LogP contribution in [0.4, 0.5) is 0 Å². The van der Waals surface area contributed by atoms with E-state index in [1.807, 2.05) is 30.3 Å². The third kappa shape index (κ3) is 3.74. The van der Waals surface area contributed by atoms with Gasteiger partial charge in [-0.15, -0.1) is 0 Å². The van der Waals surface area contributed by atoms with E-state index in [4.69, 9.17) is 4.74 Å². The lowest BCUT2D eigenvalue weighted by atomic mass is 10.0. The number of fused-ring (bicyclic) bond motifs is 1. The molecule has 4 aromatic carbocycles. The Labute approximate surface area is 181 Å². The quantitative estimate of drug-likeness (QED) is 0.242. The maximum Gasteiger partial charge on any atom is 0.308 e. The molecule has 0 bridgehead atoms. The molecular weight excluding hydrogens is 382 g/mol. The second kappa shape index (κ2) is 7.96. The molecule has 0 N–H and O–H groups in total. The number of carbonyl (C=O) groups is 1. The van der Waals surface area contributed by atoms with Crippen LogP contribution in [0.5, 0.6) is 5.75 Å². The number of hydrogen-bond donors (Lipinski definition) is 0. The van der Waals surface area contributed by atoms with Crippen LogP contribution in [-0.2, 0) is 4.79 Å².